The summed E-state index contributed by atoms with van der Waals surface area (Å²) < 4.78 is 13.9. The maximum Gasteiger partial charge on any atom is 0.137 e. The van der Waals surface area contributed by atoms with Gasteiger partial charge in [-0.3, -0.25) is 0 Å². The van der Waals surface area contributed by atoms with Crippen LogP contribution in [0.1, 0.15) is 33.3 Å². The average Bonchev–Trinajstić information content (AvgIpc) is 2.20. The van der Waals surface area contributed by atoms with Crippen LogP contribution in [0.3, 0.4) is 0 Å². The van der Waals surface area contributed by atoms with Crippen molar-refractivity contribution >= 4 is 11.8 Å². The van der Waals surface area contributed by atoms with Crippen molar-refractivity contribution in [3.63, 3.8) is 0 Å². The number of rotatable bonds is 5. The summed E-state index contributed by atoms with van der Waals surface area (Å²) >= 11 is 1.60. The monoisotopic (exact) mass is 255 g/mol. The van der Waals surface area contributed by atoms with Crippen LogP contribution in [0.2, 0.25) is 0 Å². The van der Waals surface area contributed by atoms with Gasteiger partial charge < -0.3 is 5.73 Å². The average molecular weight is 255 g/mol. The molecule has 0 saturated carbocycles. The van der Waals surface area contributed by atoms with Gasteiger partial charge in [0.2, 0.25) is 0 Å². The molecule has 0 amide bonds. The van der Waals surface area contributed by atoms with Crippen molar-refractivity contribution < 1.29 is 4.39 Å². The maximum absolute atomic E-state index is 13.9. The standard InChI is InChI=1S/C14H22FNS/c1-9(2)11(4)17-14-6-5-12(7-10(3)16)8-13(14)15/h5-6,8-11H,7,16H2,1-4H3. The van der Waals surface area contributed by atoms with E-state index in [0.717, 1.165) is 16.9 Å². The van der Waals surface area contributed by atoms with Crippen molar-refractivity contribution in [2.75, 3.05) is 0 Å². The van der Waals surface area contributed by atoms with Crippen LogP contribution in [-0.4, -0.2) is 11.3 Å². The molecule has 0 radical (unpaired) electrons. The molecule has 2 N–H and O–H groups in total. The number of halogens is 1. The highest BCUT2D eigenvalue weighted by Gasteiger charge is 2.12. The Bertz CT molecular complexity index is 363. The molecule has 2 atom stereocenters. The SMILES string of the molecule is CC(N)Cc1ccc(SC(C)C(C)C)c(F)c1. The molecule has 0 aliphatic rings. The molecule has 0 fully saturated rings. The molecular formula is C14H22FNS. The summed E-state index contributed by atoms with van der Waals surface area (Å²) in [5.41, 5.74) is 6.68. The summed E-state index contributed by atoms with van der Waals surface area (Å²) in [6.45, 7) is 8.37. The molecule has 2 unspecified atom stereocenters. The molecular weight excluding hydrogens is 233 g/mol. The minimum absolute atomic E-state index is 0.0718. The van der Waals surface area contributed by atoms with Gasteiger partial charge in [-0.1, -0.05) is 26.8 Å². The van der Waals surface area contributed by atoms with E-state index in [9.17, 15) is 4.39 Å². The summed E-state index contributed by atoms with van der Waals surface area (Å²) in [5.74, 6) is 0.420. The van der Waals surface area contributed by atoms with Crippen LogP contribution in [0.4, 0.5) is 4.39 Å². The zero-order chi connectivity index (χ0) is 13.0. The first-order chi connectivity index (χ1) is 7.90. The fourth-order valence-electron chi connectivity index (χ4n) is 1.48. The lowest BCUT2D eigenvalue weighted by Gasteiger charge is -2.16. The Labute approximate surface area is 108 Å². The van der Waals surface area contributed by atoms with E-state index < -0.39 is 0 Å². The smallest absolute Gasteiger partial charge is 0.137 e. The predicted molar refractivity (Wildman–Crippen MR) is 73.9 cm³/mol. The molecule has 96 valence electrons. The van der Waals surface area contributed by atoms with Gasteiger partial charge in [0.1, 0.15) is 5.82 Å². The van der Waals surface area contributed by atoms with Crippen molar-refractivity contribution in [3.05, 3.63) is 29.6 Å². The minimum atomic E-state index is -0.124. The second kappa shape index (κ2) is 6.41. The van der Waals surface area contributed by atoms with Crippen molar-refractivity contribution in [2.24, 2.45) is 11.7 Å². The predicted octanol–water partition coefficient (Wildman–Crippen LogP) is 3.85. The quantitative estimate of drug-likeness (QED) is 0.809. The molecule has 0 saturated heterocycles. The molecule has 0 bridgehead atoms. The number of hydrogen-bond acceptors (Lipinski definition) is 2. The van der Waals surface area contributed by atoms with Crippen LogP contribution in [0.25, 0.3) is 0 Å². The third kappa shape index (κ3) is 4.68. The molecule has 0 aliphatic heterocycles. The lowest BCUT2D eigenvalue weighted by molar-refractivity contribution is 0.593. The Kier molecular flexibility index (Phi) is 5.47. The molecule has 1 aromatic rings. The van der Waals surface area contributed by atoms with E-state index in [2.05, 4.69) is 20.8 Å². The van der Waals surface area contributed by atoms with Crippen molar-refractivity contribution in [1.82, 2.24) is 0 Å². The Morgan fingerprint density at radius 1 is 1.24 bits per heavy atom. The van der Waals surface area contributed by atoms with Crippen LogP contribution in [0.5, 0.6) is 0 Å². The van der Waals surface area contributed by atoms with Crippen LogP contribution in [0.15, 0.2) is 23.1 Å². The van der Waals surface area contributed by atoms with Gasteiger partial charge in [-0.15, -0.1) is 11.8 Å². The van der Waals surface area contributed by atoms with Gasteiger partial charge in [-0.2, -0.15) is 0 Å². The van der Waals surface area contributed by atoms with E-state index >= 15 is 0 Å². The topological polar surface area (TPSA) is 26.0 Å². The van der Waals surface area contributed by atoms with Gasteiger partial charge in [-0.05, 0) is 37.0 Å². The van der Waals surface area contributed by atoms with E-state index in [1.165, 1.54) is 0 Å². The summed E-state index contributed by atoms with van der Waals surface area (Å²) in [5, 5.41) is 0.420. The number of nitrogens with two attached hydrogens (primary N) is 1. The first kappa shape index (κ1) is 14.5. The molecule has 3 heteroatoms. The highest BCUT2D eigenvalue weighted by Crippen LogP contribution is 2.30. The Hall–Kier alpha value is -0.540. The Balaban J connectivity index is 2.76. The van der Waals surface area contributed by atoms with Crippen molar-refractivity contribution in [2.45, 2.75) is 50.3 Å². The lowest BCUT2D eigenvalue weighted by Crippen LogP contribution is -2.17. The van der Waals surface area contributed by atoms with E-state index in [-0.39, 0.29) is 11.9 Å². The van der Waals surface area contributed by atoms with E-state index in [1.807, 2.05) is 19.1 Å². The van der Waals surface area contributed by atoms with E-state index in [0.29, 0.717) is 11.2 Å². The molecule has 0 spiro atoms. The molecule has 1 rings (SSSR count). The van der Waals surface area contributed by atoms with Crippen molar-refractivity contribution in [3.8, 4) is 0 Å². The van der Waals surface area contributed by atoms with Gasteiger partial charge in [0.25, 0.3) is 0 Å². The molecule has 0 aromatic heterocycles. The van der Waals surface area contributed by atoms with E-state index in [1.54, 1.807) is 17.8 Å². The maximum atomic E-state index is 13.9. The Morgan fingerprint density at radius 3 is 2.35 bits per heavy atom. The first-order valence-electron chi connectivity index (χ1n) is 6.10. The molecule has 1 nitrogen and oxygen atoms in total. The molecule has 0 aliphatic carbocycles. The fourth-order valence-corrected chi connectivity index (χ4v) is 2.47. The van der Waals surface area contributed by atoms with Gasteiger partial charge in [0.15, 0.2) is 0 Å². The second-order valence-electron chi connectivity index (χ2n) is 5.01. The third-order valence-electron chi connectivity index (χ3n) is 2.81. The molecule has 17 heavy (non-hydrogen) atoms. The van der Waals surface area contributed by atoms with Crippen LogP contribution in [-0.2, 0) is 6.42 Å². The number of benzene rings is 1. The highest BCUT2D eigenvalue weighted by atomic mass is 32.2. The van der Waals surface area contributed by atoms with Gasteiger partial charge in [-0.25, -0.2) is 4.39 Å². The largest absolute Gasteiger partial charge is 0.328 e. The number of thioether (sulfide) groups is 1. The normalized spacial score (nSPS) is 15.0. The zero-order valence-electron chi connectivity index (χ0n) is 11.0. The fraction of sp³-hybridized carbons (Fsp3) is 0.571. The van der Waals surface area contributed by atoms with Crippen LogP contribution < -0.4 is 5.73 Å². The van der Waals surface area contributed by atoms with Crippen LogP contribution >= 0.6 is 11.8 Å². The van der Waals surface area contributed by atoms with Crippen molar-refractivity contribution in [1.29, 1.82) is 0 Å². The van der Waals surface area contributed by atoms with E-state index in [4.69, 9.17) is 5.73 Å². The molecule has 0 heterocycles. The summed E-state index contributed by atoms with van der Waals surface area (Å²) in [7, 11) is 0. The molecule has 1 aromatic carbocycles. The Morgan fingerprint density at radius 2 is 1.88 bits per heavy atom. The third-order valence-corrected chi connectivity index (χ3v) is 4.31. The lowest BCUT2D eigenvalue weighted by atomic mass is 10.1. The summed E-state index contributed by atoms with van der Waals surface area (Å²) in [4.78, 5) is 0.736. The minimum Gasteiger partial charge on any atom is -0.328 e. The zero-order valence-corrected chi connectivity index (χ0v) is 11.9. The summed E-state index contributed by atoms with van der Waals surface area (Å²) in [6.07, 6.45) is 0.724. The first-order valence-corrected chi connectivity index (χ1v) is 6.98. The van der Waals surface area contributed by atoms with Gasteiger partial charge in [0.05, 0.1) is 0 Å². The number of hydrogen-bond donors (Lipinski definition) is 1. The van der Waals surface area contributed by atoms with Gasteiger partial charge >= 0.3 is 0 Å². The summed E-state index contributed by atoms with van der Waals surface area (Å²) in [6, 6.07) is 5.53. The second-order valence-corrected chi connectivity index (χ2v) is 6.43. The van der Waals surface area contributed by atoms with Gasteiger partial charge in [0, 0.05) is 16.2 Å². The highest BCUT2D eigenvalue weighted by molar-refractivity contribution is 8.00. The van der Waals surface area contributed by atoms with Crippen LogP contribution in [0, 0.1) is 11.7 Å².